The van der Waals surface area contributed by atoms with Gasteiger partial charge in [-0.15, -0.1) is 5.10 Å². The summed E-state index contributed by atoms with van der Waals surface area (Å²) in [5.74, 6) is 0.951. The maximum absolute atomic E-state index is 5.71. The van der Waals surface area contributed by atoms with Crippen molar-refractivity contribution in [3.05, 3.63) is 41.7 Å². The molecule has 0 N–H and O–H groups in total. The molecule has 2 aliphatic rings. The number of nitrogens with zero attached hydrogens (tertiary/aromatic N) is 6. The molecule has 3 heterocycles. The van der Waals surface area contributed by atoms with Crippen molar-refractivity contribution >= 4 is 0 Å². The first-order valence-electron chi connectivity index (χ1n) is 9.22. The van der Waals surface area contributed by atoms with Gasteiger partial charge in [0.1, 0.15) is 0 Å². The van der Waals surface area contributed by atoms with Gasteiger partial charge in [-0.25, -0.2) is 4.68 Å². The van der Waals surface area contributed by atoms with E-state index in [4.69, 9.17) is 4.74 Å². The second kappa shape index (κ2) is 8.03. The van der Waals surface area contributed by atoms with Gasteiger partial charge in [0.15, 0.2) is 5.82 Å². The number of ether oxygens (including phenoxy) is 1. The van der Waals surface area contributed by atoms with Gasteiger partial charge in [-0.1, -0.05) is 30.3 Å². The highest BCUT2D eigenvalue weighted by molar-refractivity contribution is 5.14. The average Bonchev–Trinajstić information content (AvgIpc) is 3.31. The fraction of sp³-hybridized carbons (Fsp3) is 0.611. The molecule has 0 amide bonds. The minimum atomic E-state index is 0.268. The first-order valence-corrected chi connectivity index (χ1v) is 9.22. The zero-order chi connectivity index (χ0) is 16.9. The van der Waals surface area contributed by atoms with Crippen LogP contribution in [0.3, 0.4) is 0 Å². The van der Waals surface area contributed by atoms with E-state index >= 15 is 0 Å². The standard InChI is InChI=1S/C18H26N6O/c1-2-5-16(6-3-1)13-22-8-10-23(11-9-22)15-18-19-20-21-24(18)14-17-7-4-12-25-17/h1-3,5-6,17H,4,7-15H2. The van der Waals surface area contributed by atoms with E-state index < -0.39 is 0 Å². The van der Waals surface area contributed by atoms with Crippen molar-refractivity contribution in [1.29, 1.82) is 0 Å². The number of hydrogen-bond acceptors (Lipinski definition) is 6. The van der Waals surface area contributed by atoms with Crippen LogP contribution < -0.4 is 0 Å². The molecule has 4 rings (SSSR count). The summed E-state index contributed by atoms with van der Waals surface area (Å²) in [6, 6.07) is 10.7. The molecular weight excluding hydrogens is 316 g/mol. The summed E-state index contributed by atoms with van der Waals surface area (Å²) in [6.07, 6.45) is 2.52. The summed E-state index contributed by atoms with van der Waals surface area (Å²) in [7, 11) is 0. The first kappa shape index (κ1) is 16.6. The molecule has 1 atom stereocenters. The van der Waals surface area contributed by atoms with Crippen LogP contribution in [-0.2, 0) is 24.4 Å². The summed E-state index contributed by atoms with van der Waals surface area (Å²) < 4.78 is 7.63. The summed E-state index contributed by atoms with van der Waals surface area (Å²) in [5.41, 5.74) is 1.39. The molecule has 1 unspecified atom stereocenters. The average molecular weight is 342 g/mol. The van der Waals surface area contributed by atoms with Gasteiger partial charge >= 0.3 is 0 Å². The Bertz CT molecular complexity index is 647. The van der Waals surface area contributed by atoms with Gasteiger partial charge in [0, 0.05) is 39.3 Å². The minimum Gasteiger partial charge on any atom is -0.376 e. The molecule has 7 heteroatoms. The number of benzene rings is 1. The van der Waals surface area contributed by atoms with Crippen LogP contribution in [0.5, 0.6) is 0 Å². The van der Waals surface area contributed by atoms with Crippen LogP contribution >= 0.6 is 0 Å². The molecule has 2 aliphatic heterocycles. The minimum absolute atomic E-state index is 0.268. The van der Waals surface area contributed by atoms with E-state index in [0.29, 0.717) is 0 Å². The fourth-order valence-corrected chi connectivity index (χ4v) is 3.61. The highest BCUT2D eigenvalue weighted by Crippen LogP contribution is 2.15. The van der Waals surface area contributed by atoms with E-state index in [1.807, 2.05) is 4.68 Å². The third-order valence-electron chi connectivity index (χ3n) is 5.09. The van der Waals surface area contributed by atoms with E-state index in [9.17, 15) is 0 Å². The Morgan fingerprint density at radius 2 is 1.76 bits per heavy atom. The lowest BCUT2D eigenvalue weighted by Gasteiger charge is -2.34. The number of piperazine rings is 1. The second-order valence-electron chi connectivity index (χ2n) is 6.95. The van der Waals surface area contributed by atoms with E-state index in [-0.39, 0.29) is 6.10 Å². The van der Waals surface area contributed by atoms with Crippen LogP contribution in [0.15, 0.2) is 30.3 Å². The molecule has 0 saturated carbocycles. The largest absolute Gasteiger partial charge is 0.376 e. The summed E-state index contributed by atoms with van der Waals surface area (Å²) in [5, 5.41) is 12.3. The SMILES string of the molecule is c1ccc(CN2CCN(Cc3nnnn3CC3CCCO3)CC2)cc1. The third kappa shape index (κ3) is 4.42. The van der Waals surface area contributed by atoms with Crippen LogP contribution in [0.2, 0.25) is 0 Å². The lowest BCUT2D eigenvalue weighted by atomic mass is 10.2. The second-order valence-corrected chi connectivity index (χ2v) is 6.95. The Morgan fingerprint density at radius 1 is 1.00 bits per heavy atom. The molecule has 0 spiro atoms. The molecule has 2 aromatic rings. The van der Waals surface area contributed by atoms with E-state index in [1.54, 1.807) is 0 Å². The van der Waals surface area contributed by atoms with Crippen molar-refractivity contribution in [1.82, 2.24) is 30.0 Å². The van der Waals surface area contributed by atoms with Crippen molar-refractivity contribution in [2.45, 2.75) is 38.6 Å². The molecule has 1 aromatic heterocycles. The maximum Gasteiger partial charge on any atom is 0.165 e. The summed E-state index contributed by atoms with van der Waals surface area (Å²) in [6.45, 7) is 7.77. The van der Waals surface area contributed by atoms with Gasteiger partial charge in [-0.2, -0.15) is 0 Å². The zero-order valence-electron chi connectivity index (χ0n) is 14.6. The smallest absolute Gasteiger partial charge is 0.165 e. The van der Waals surface area contributed by atoms with Gasteiger partial charge in [-0.3, -0.25) is 9.80 Å². The van der Waals surface area contributed by atoms with E-state index in [2.05, 4.69) is 55.7 Å². The van der Waals surface area contributed by atoms with Crippen molar-refractivity contribution in [3.63, 3.8) is 0 Å². The predicted octanol–water partition coefficient (Wildman–Crippen LogP) is 1.17. The van der Waals surface area contributed by atoms with Gasteiger partial charge < -0.3 is 4.74 Å². The molecule has 134 valence electrons. The highest BCUT2D eigenvalue weighted by Gasteiger charge is 2.22. The van der Waals surface area contributed by atoms with Crippen molar-refractivity contribution in [3.8, 4) is 0 Å². The van der Waals surface area contributed by atoms with Crippen LogP contribution in [0, 0.1) is 0 Å². The summed E-state index contributed by atoms with van der Waals surface area (Å²) in [4.78, 5) is 4.96. The van der Waals surface area contributed by atoms with Crippen LogP contribution in [0.1, 0.15) is 24.2 Å². The number of aromatic nitrogens is 4. The molecule has 2 fully saturated rings. The molecular formula is C18H26N6O. The molecule has 2 saturated heterocycles. The molecule has 0 radical (unpaired) electrons. The Hall–Kier alpha value is -1.83. The highest BCUT2D eigenvalue weighted by atomic mass is 16.5. The van der Waals surface area contributed by atoms with Crippen molar-refractivity contribution < 1.29 is 4.74 Å². The van der Waals surface area contributed by atoms with Crippen LogP contribution in [0.25, 0.3) is 0 Å². The Kier molecular flexibility index (Phi) is 5.34. The Morgan fingerprint density at radius 3 is 2.48 bits per heavy atom. The topological polar surface area (TPSA) is 59.3 Å². The normalized spacial score (nSPS) is 22.5. The van der Waals surface area contributed by atoms with Crippen LogP contribution in [-0.4, -0.2) is 68.9 Å². The van der Waals surface area contributed by atoms with Gasteiger partial charge in [-0.05, 0) is 28.8 Å². The quantitative estimate of drug-likeness (QED) is 0.785. The lowest BCUT2D eigenvalue weighted by Crippen LogP contribution is -2.45. The van der Waals surface area contributed by atoms with Gasteiger partial charge in [0.25, 0.3) is 0 Å². The first-order chi connectivity index (χ1) is 12.4. The fourth-order valence-electron chi connectivity index (χ4n) is 3.61. The maximum atomic E-state index is 5.71. The Balaban J connectivity index is 1.27. The van der Waals surface area contributed by atoms with Crippen LogP contribution in [0.4, 0.5) is 0 Å². The molecule has 0 bridgehead atoms. The van der Waals surface area contributed by atoms with E-state index in [1.165, 1.54) is 5.56 Å². The number of hydrogen-bond donors (Lipinski definition) is 0. The predicted molar refractivity (Wildman–Crippen MR) is 93.8 cm³/mol. The third-order valence-corrected chi connectivity index (χ3v) is 5.09. The number of tetrazole rings is 1. The molecule has 25 heavy (non-hydrogen) atoms. The van der Waals surface area contributed by atoms with Gasteiger partial charge in [0.2, 0.25) is 0 Å². The lowest BCUT2D eigenvalue weighted by molar-refractivity contribution is 0.0892. The molecule has 1 aromatic carbocycles. The molecule has 0 aliphatic carbocycles. The van der Waals surface area contributed by atoms with Crippen molar-refractivity contribution in [2.75, 3.05) is 32.8 Å². The summed E-state index contributed by atoms with van der Waals surface area (Å²) >= 11 is 0. The Labute approximate surface area is 148 Å². The van der Waals surface area contributed by atoms with Gasteiger partial charge in [0.05, 0.1) is 19.2 Å². The molecule has 7 nitrogen and oxygen atoms in total. The monoisotopic (exact) mass is 342 g/mol. The van der Waals surface area contributed by atoms with E-state index in [0.717, 1.165) is 71.1 Å². The zero-order valence-corrected chi connectivity index (χ0v) is 14.6. The number of rotatable bonds is 6. The van der Waals surface area contributed by atoms with Crippen molar-refractivity contribution in [2.24, 2.45) is 0 Å².